The van der Waals surface area contributed by atoms with Gasteiger partial charge in [0, 0.05) is 30.1 Å². The zero-order valence-electron chi connectivity index (χ0n) is 11.7. The van der Waals surface area contributed by atoms with Crippen LogP contribution in [0.2, 0.25) is 0 Å². The van der Waals surface area contributed by atoms with Crippen LogP contribution in [0.4, 0.5) is 0 Å². The van der Waals surface area contributed by atoms with Crippen LogP contribution in [0.25, 0.3) is 0 Å². The molecule has 1 amide bonds. The molecule has 0 saturated carbocycles. The zero-order chi connectivity index (χ0) is 15.7. The summed E-state index contributed by atoms with van der Waals surface area (Å²) in [4.78, 5) is 24.8. The van der Waals surface area contributed by atoms with Crippen molar-refractivity contribution in [3.63, 3.8) is 0 Å². The quantitative estimate of drug-likeness (QED) is 0.897. The third kappa shape index (κ3) is 2.25. The van der Waals surface area contributed by atoms with Crippen LogP contribution >= 0.6 is 0 Å². The van der Waals surface area contributed by atoms with Crippen molar-refractivity contribution < 1.29 is 19.8 Å². The van der Waals surface area contributed by atoms with Gasteiger partial charge in [0.15, 0.2) is 5.72 Å². The van der Waals surface area contributed by atoms with Crippen molar-refractivity contribution in [3.8, 4) is 0 Å². The van der Waals surface area contributed by atoms with Gasteiger partial charge in [-0.25, -0.2) is 0 Å². The highest BCUT2D eigenvalue weighted by Gasteiger charge is 2.48. The van der Waals surface area contributed by atoms with E-state index in [0.717, 1.165) is 5.56 Å². The van der Waals surface area contributed by atoms with E-state index in [2.05, 4.69) is 0 Å². The predicted molar refractivity (Wildman–Crippen MR) is 76.3 cm³/mol. The smallest absolute Gasteiger partial charge is 0.257 e. The Bertz CT molecular complexity index is 728. The lowest BCUT2D eigenvalue weighted by atomic mass is 9.98. The Morgan fingerprint density at radius 1 is 1.09 bits per heavy atom. The number of nitrogens with zero attached hydrogens (tertiary/aromatic N) is 1. The summed E-state index contributed by atoms with van der Waals surface area (Å²) in [5.74, 6) is -1.80. The van der Waals surface area contributed by atoms with Gasteiger partial charge in [0.1, 0.15) is 0 Å². The van der Waals surface area contributed by atoms with Gasteiger partial charge >= 0.3 is 0 Å². The van der Waals surface area contributed by atoms with Crippen molar-refractivity contribution in [2.75, 3.05) is 0 Å². The fourth-order valence-electron chi connectivity index (χ4n) is 2.84. The zero-order valence-corrected chi connectivity index (χ0v) is 11.7. The molecule has 3 rings (SSSR count). The van der Waals surface area contributed by atoms with Crippen LogP contribution in [0, 0.1) is 0 Å². The standard InChI is InChI=1S/C17H15NO4/c19-15(20)10-17(22)14-9-5-4-8-13(14)16(21)18(17)11-12-6-2-1-3-7-12/h1-9,22H,10-11H2,(H,19,20)/p-1. The Labute approximate surface area is 127 Å². The predicted octanol–water partition coefficient (Wildman–Crippen LogP) is 0.628. The molecule has 0 fully saturated rings. The summed E-state index contributed by atoms with van der Waals surface area (Å²) in [5, 5.41) is 22.0. The molecule has 2 aromatic rings. The number of carbonyl (C=O) groups excluding carboxylic acids is 2. The molecule has 1 N–H and O–H groups in total. The number of carbonyl (C=O) groups is 2. The van der Waals surface area contributed by atoms with Crippen LogP contribution in [0.15, 0.2) is 54.6 Å². The summed E-state index contributed by atoms with van der Waals surface area (Å²) in [6.45, 7) is 0.123. The monoisotopic (exact) mass is 296 g/mol. The molecule has 0 bridgehead atoms. The molecule has 0 aliphatic carbocycles. The number of aliphatic carboxylic acids is 1. The Kier molecular flexibility index (Phi) is 3.42. The van der Waals surface area contributed by atoms with Crippen molar-refractivity contribution in [1.29, 1.82) is 0 Å². The Hall–Kier alpha value is -2.66. The van der Waals surface area contributed by atoms with Crippen molar-refractivity contribution >= 4 is 11.9 Å². The molecule has 1 aliphatic rings. The van der Waals surface area contributed by atoms with Crippen LogP contribution in [0.5, 0.6) is 0 Å². The summed E-state index contributed by atoms with van der Waals surface area (Å²) >= 11 is 0. The highest BCUT2D eigenvalue weighted by Crippen LogP contribution is 2.40. The maximum Gasteiger partial charge on any atom is 0.257 e. The summed E-state index contributed by atoms with van der Waals surface area (Å²) in [7, 11) is 0. The molecule has 2 aromatic carbocycles. The first-order valence-electron chi connectivity index (χ1n) is 6.90. The molecule has 0 saturated heterocycles. The number of amides is 1. The molecular formula is C17H14NO4-. The molecule has 1 heterocycles. The van der Waals surface area contributed by atoms with Crippen LogP contribution in [-0.4, -0.2) is 21.9 Å². The van der Waals surface area contributed by atoms with Gasteiger partial charge in [0.2, 0.25) is 0 Å². The third-order valence-electron chi connectivity index (χ3n) is 3.85. The molecule has 0 radical (unpaired) electrons. The minimum atomic E-state index is -1.89. The van der Waals surface area contributed by atoms with Gasteiger partial charge in [-0.2, -0.15) is 0 Å². The van der Waals surface area contributed by atoms with E-state index >= 15 is 0 Å². The molecule has 1 aliphatic heterocycles. The van der Waals surface area contributed by atoms with E-state index < -0.39 is 18.1 Å². The third-order valence-corrected chi connectivity index (χ3v) is 3.85. The number of aliphatic hydroxyl groups is 1. The fraction of sp³-hybridized carbons (Fsp3) is 0.176. The van der Waals surface area contributed by atoms with Gasteiger partial charge in [-0.1, -0.05) is 48.5 Å². The number of fused-ring (bicyclic) bond motifs is 1. The largest absolute Gasteiger partial charge is 0.550 e. The molecule has 0 aromatic heterocycles. The van der Waals surface area contributed by atoms with E-state index in [1.165, 1.54) is 4.90 Å². The van der Waals surface area contributed by atoms with Crippen molar-refractivity contribution in [2.45, 2.75) is 18.7 Å². The van der Waals surface area contributed by atoms with Gasteiger partial charge in [0.05, 0.1) is 0 Å². The topological polar surface area (TPSA) is 80.7 Å². The van der Waals surface area contributed by atoms with Crippen molar-refractivity contribution in [1.82, 2.24) is 4.90 Å². The Morgan fingerprint density at radius 3 is 2.41 bits per heavy atom. The van der Waals surface area contributed by atoms with E-state index in [4.69, 9.17) is 0 Å². The highest BCUT2D eigenvalue weighted by molar-refractivity contribution is 6.00. The molecule has 1 atom stereocenters. The molecule has 22 heavy (non-hydrogen) atoms. The number of hydrogen-bond acceptors (Lipinski definition) is 4. The first-order chi connectivity index (χ1) is 10.5. The van der Waals surface area contributed by atoms with Crippen LogP contribution in [0.3, 0.4) is 0 Å². The SMILES string of the molecule is O=C([O-])CC1(O)c2ccccc2C(=O)N1Cc1ccccc1. The summed E-state index contributed by atoms with van der Waals surface area (Å²) in [6, 6.07) is 15.6. The second-order valence-electron chi connectivity index (χ2n) is 5.29. The number of carboxylic acids is 1. The summed E-state index contributed by atoms with van der Waals surface area (Å²) in [5.41, 5.74) is -0.453. The normalized spacial score (nSPS) is 20.0. The van der Waals surface area contributed by atoms with E-state index in [9.17, 15) is 19.8 Å². The highest BCUT2D eigenvalue weighted by atomic mass is 16.4. The maximum absolute atomic E-state index is 12.6. The average Bonchev–Trinajstić information content (AvgIpc) is 2.70. The lowest BCUT2D eigenvalue weighted by molar-refractivity contribution is -0.312. The lowest BCUT2D eigenvalue weighted by Crippen LogP contribution is -2.47. The second kappa shape index (κ2) is 5.27. The minimum absolute atomic E-state index is 0.123. The first-order valence-corrected chi connectivity index (χ1v) is 6.90. The maximum atomic E-state index is 12.6. The van der Waals surface area contributed by atoms with E-state index in [1.54, 1.807) is 24.3 Å². The van der Waals surface area contributed by atoms with Crippen LogP contribution in [-0.2, 0) is 17.1 Å². The van der Waals surface area contributed by atoms with E-state index in [0.29, 0.717) is 11.1 Å². The van der Waals surface area contributed by atoms with Gasteiger partial charge in [0.25, 0.3) is 5.91 Å². The fourth-order valence-corrected chi connectivity index (χ4v) is 2.84. The molecule has 112 valence electrons. The summed E-state index contributed by atoms with van der Waals surface area (Å²) < 4.78 is 0. The van der Waals surface area contributed by atoms with Crippen molar-refractivity contribution in [2.24, 2.45) is 0 Å². The molecule has 5 heteroatoms. The lowest BCUT2D eigenvalue weighted by Gasteiger charge is -2.34. The van der Waals surface area contributed by atoms with Crippen LogP contribution < -0.4 is 5.11 Å². The Balaban J connectivity index is 2.04. The van der Waals surface area contributed by atoms with Gasteiger partial charge < -0.3 is 19.9 Å². The first kappa shape index (κ1) is 14.3. The van der Waals surface area contributed by atoms with E-state index in [1.807, 2.05) is 30.3 Å². The van der Waals surface area contributed by atoms with Gasteiger partial charge in [-0.15, -0.1) is 0 Å². The van der Waals surface area contributed by atoms with Crippen LogP contribution in [0.1, 0.15) is 27.9 Å². The van der Waals surface area contributed by atoms with E-state index in [-0.39, 0.29) is 12.5 Å². The Morgan fingerprint density at radius 2 is 1.73 bits per heavy atom. The van der Waals surface area contributed by atoms with Gasteiger partial charge in [-0.3, -0.25) is 4.79 Å². The molecule has 1 unspecified atom stereocenters. The average molecular weight is 296 g/mol. The number of hydrogen-bond donors (Lipinski definition) is 1. The molecule has 5 nitrogen and oxygen atoms in total. The number of benzene rings is 2. The van der Waals surface area contributed by atoms with Gasteiger partial charge in [-0.05, 0) is 11.6 Å². The number of rotatable bonds is 4. The second-order valence-corrected chi connectivity index (χ2v) is 5.29. The molecule has 0 spiro atoms. The molecular weight excluding hydrogens is 282 g/mol. The minimum Gasteiger partial charge on any atom is -0.550 e. The van der Waals surface area contributed by atoms with Crippen molar-refractivity contribution in [3.05, 3.63) is 71.3 Å². The number of carboxylic acid groups (broad SMARTS) is 1. The summed E-state index contributed by atoms with van der Waals surface area (Å²) in [6.07, 6.45) is -0.664.